The standard InChI is InChI=1S/C8H12N2O2S2/c11-14(12,8-1-6-13-7-8)10-4-2-9-3-5-10/h1,6-7,9H,2-5H2. The van der Waals surface area contributed by atoms with E-state index in [4.69, 9.17) is 0 Å². The zero-order chi connectivity index (χ0) is 10.0. The van der Waals surface area contributed by atoms with Crippen molar-refractivity contribution in [1.82, 2.24) is 9.62 Å². The van der Waals surface area contributed by atoms with E-state index >= 15 is 0 Å². The molecule has 1 aliphatic heterocycles. The molecule has 0 unspecified atom stereocenters. The summed E-state index contributed by atoms with van der Waals surface area (Å²) >= 11 is 1.41. The van der Waals surface area contributed by atoms with E-state index in [0.29, 0.717) is 18.0 Å². The smallest absolute Gasteiger partial charge is 0.243 e. The van der Waals surface area contributed by atoms with Gasteiger partial charge in [-0.25, -0.2) is 8.42 Å². The summed E-state index contributed by atoms with van der Waals surface area (Å²) in [6.07, 6.45) is 0. The van der Waals surface area contributed by atoms with Gasteiger partial charge in [-0.2, -0.15) is 15.6 Å². The Morgan fingerprint density at radius 1 is 1.36 bits per heavy atom. The van der Waals surface area contributed by atoms with Gasteiger partial charge in [0.1, 0.15) is 0 Å². The normalized spacial score (nSPS) is 19.7. The molecule has 78 valence electrons. The number of sulfonamides is 1. The Balaban J connectivity index is 2.23. The molecule has 4 nitrogen and oxygen atoms in total. The fourth-order valence-corrected chi connectivity index (χ4v) is 3.89. The fraction of sp³-hybridized carbons (Fsp3) is 0.500. The Morgan fingerprint density at radius 2 is 2.07 bits per heavy atom. The maximum Gasteiger partial charge on any atom is 0.243 e. The van der Waals surface area contributed by atoms with E-state index in [1.165, 1.54) is 15.6 Å². The molecule has 0 aromatic carbocycles. The summed E-state index contributed by atoms with van der Waals surface area (Å²) < 4.78 is 25.4. The molecule has 1 aliphatic rings. The van der Waals surface area contributed by atoms with Gasteiger partial charge < -0.3 is 5.32 Å². The van der Waals surface area contributed by atoms with E-state index in [1.807, 2.05) is 0 Å². The first-order chi connectivity index (χ1) is 6.71. The quantitative estimate of drug-likeness (QED) is 0.800. The maximum atomic E-state index is 12.0. The highest BCUT2D eigenvalue weighted by Crippen LogP contribution is 2.18. The number of hydrogen-bond acceptors (Lipinski definition) is 4. The number of rotatable bonds is 2. The first kappa shape index (κ1) is 10.1. The van der Waals surface area contributed by atoms with E-state index in [9.17, 15) is 8.42 Å². The molecule has 0 aliphatic carbocycles. The third kappa shape index (κ3) is 1.83. The van der Waals surface area contributed by atoms with Gasteiger partial charge in [-0.15, -0.1) is 0 Å². The summed E-state index contributed by atoms with van der Waals surface area (Å²) in [7, 11) is -3.21. The van der Waals surface area contributed by atoms with Crippen molar-refractivity contribution in [2.75, 3.05) is 26.2 Å². The van der Waals surface area contributed by atoms with E-state index in [-0.39, 0.29) is 0 Å². The molecular formula is C8H12N2O2S2. The van der Waals surface area contributed by atoms with E-state index in [1.54, 1.807) is 16.8 Å². The lowest BCUT2D eigenvalue weighted by Crippen LogP contribution is -2.46. The predicted molar refractivity (Wildman–Crippen MR) is 55.9 cm³/mol. The molecule has 2 rings (SSSR count). The molecule has 0 amide bonds. The van der Waals surface area contributed by atoms with Crippen LogP contribution < -0.4 is 5.32 Å². The number of piperazine rings is 1. The van der Waals surface area contributed by atoms with Crippen molar-refractivity contribution in [3.63, 3.8) is 0 Å². The van der Waals surface area contributed by atoms with Crippen molar-refractivity contribution in [2.24, 2.45) is 0 Å². The summed E-state index contributed by atoms with van der Waals surface area (Å²) in [6.45, 7) is 2.61. The lowest BCUT2D eigenvalue weighted by atomic mass is 10.4. The largest absolute Gasteiger partial charge is 0.314 e. The molecule has 1 aromatic heterocycles. The molecule has 6 heteroatoms. The van der Waals surface area contributed by atoms with Gasteiger partial charge in [0.15, 0.2) is 0 Å². The summed E-state index contributed by atoms with van der Waals surface area (Å²) in [5, 5.41) is 6.59. The molecule has 0 spiro atoms. The molecule has 1 fully saturated rings. The number of nitrogens with zero attached hydrogens (tertiary/aromatic N) is 1. The molecule has 14 heavy (non-hydrogen) atoms. The third-order valence-corrected chi connectivity index (χ3v) is 4.94. The molecule has 1 aromatic rings. The van der Waals surface area contributed by atoms with Gasteiger partial charge in [0.05, 0.1) is 4.90 Å². The van der Waals surface area contributed by atoms with Crippen LogP contribution in [-0.4, -0.2) is 38.9 Å². The first-order valence-electron chi connectivity index (χ1n) is 4.44. The van der Waals surface area contributed by atoms with E-state index < -0.39 is 10.0 Å². The van der Waals surface area contributed by atoms with Crippen LogP contribution in [0.15, 0.2) is 21.7 Å². The van der Waals surface area contributed by atoms with Crippen LogP contribution in [0, 0.1) is 0 Å². The Morgan fingerprint density at radius 3 is 2.64 bits per heavy atom. The number of nitrogens with one attached hydrogen (secondary N) is 1. The fourth-order valence-electron chi connectivity index (χ4n) is 1.43. The van der Waals surface area contributed by atoms with Crippen LogP contribution in [0.4, 0.5) is 0 Å². The molecule has 1 saturated heterocycles. The van der Waals surface area contributed by atoms with Crippen molar-refractivity contribution < 1.29 is 8.42 Å². The molecule has 2 heterocycles. The Labute approximate surface area is 87.6 Å². The Bertz CT molecular complexity index is 379. The van der Waals surface area contributed by atoms with Crippen molar-refractivity contribution in [1.29, 1.82) is 0 Å². The van der Waals surface area contributed by atoms with Gasteiger partial charge in [0.25, 0.3) is 0 Å². The van der Waals surface area contributed by atoms with Crippen molar-refractivity contribution in [2.45, 2.75) is 4.90 Å². The van der Waals surface area contributed by atoms with Crippen LogP contribution >= 0.6 is 11.3 Å². The van der Waals surface area contributed by atoms with Crippen LogP contribution in [0.5, 0.6) is 0 Å². The number of thiophene rings is 1. The highest BCUT2D eigenvalue weighted by atomic mass is 32.2. The Kier molecular flexibility index (Phi) is 2.87. The van der Waals surface area contributed by atoms with Crippen LogP contribution in [0.25, 0.3) is 0 Å². The van der Waals surface area contributed by atoms with Gasteiger partial charge >= 0.3 is 0 Å². The molecular weight excluding hydrogens is 220 g/mol. The van der Waals surface area contributed by atoms with Crippen LogP contribution in [-0.2, 0) is 10.0 Å². The molecule has 0 saturated carbocycles. The van der Waals surface area contributed by atoms with Crippen LogP contribution in [0.3, 0.4) is 0 Å². The summed E-state index contributed by atoms with van der Waals surface area (Å²) in [5.74, 6) is 0. The first-order valence-corrected chi connectivity index (χ1v) is 6.82. The number of hydrogen-bond donors (Lipinski definition) is 1. The summed E-state index contributed by atoms with van der Waals surface area (Å²) in [4.78, 5) is 0.421. The predicted octanol–water partition coefficient (Wildman–Crippen LogP) is 0.342. The van der Waals surface area contributed by atoms with Crippen molar-refractivity contribution in [3.8, 4) is 0 Å². The minimum absolute atomic E-state index is 0.421. The molecule has 0 radical (unpaired) electrons. The summed E-state index contributed by atoms with van der Waals surface area (Å²) in [5.41, 5.74) is 0. The van der Waals surface area contributed by atoms with E-state index in [0.717, 1.165) is 13.1 Å². The lowest BCUT2D eigenvalue weighted by Gasteiger charge is -2.26. The van der Waals surface area contributed by atoms with Crippen molar-refractivity contribution >= 4 is 21.4 Å². The highest BCUT2D eigenvalue weighted by Gasteiger charge is 2.25. The zero-order valence-electron chi connectivity index (χ0n) is 7.64. The molecule has 0 bridgehead atoms. The second kappa shape index (κ2) is 3.98. The Hall–Kier alpha value is -0.430. The minimum Gasteiger partial charge on any atom is -0.314 e. The average molecular weight is 232 g/mol. The maximum absolute atomic E-state index is 12.0. The lowest BCUT2D eigenvalue weighted by molar-refractivity contribution is 0.360. The van der Waals surface area contributed by atoms with Gasteiger partial charge in [0, 0.05) is 31.6 Å². The van der Waals surface area contributed by atoms with Gasteiger partial charge in [-0.05, 0) is 11.4 Å². The third-order valence-electron chi connectivity index (χ3n) is 2.21. The van der Waals surface area contributed by atoms with Crippen LogP contribution in [0.1, 0.15) is 0 Å². The second-order valence-corrected chi connectivity index (χ2v) is 5.83. The van der Waals surface area contributed by atoms with Crippen molar-refractivity contribution in [3.05, 3.63) is 16.8 Å². The topological polar surface area (TPSA) is 49.4 Å². The SMILES string of the molecule is O=S(=O)(c1ccsc1)N1CCNCC1. The summed E-state index contributed by atoms with van der Waals surface area (Å²) in [6, 6.07) is 1.65. The van der Waals surface area contributed by atoms with Crippen LogP contribution in [0.2, 0.25) is 0 Å². The van der Waals surface area contributed by atoms with Gasteiger partial charge in [0.2, 0.25) is 10.0 Å². The second-order valence-electron chi connectivity index (χ2n) is 3.11. The van der Waals surface area contributed by atoms with Gasteiger partial charge in [-0.3, -0.25) is 0 Å². The average Bonchev–Trinajstić information content (AvgIpc) is 2.72. The van der Waals surface area contributed by atoms with Gasteiger partial charge in [-0.1, -0.05) is 0 Å². The monoisotopic (exact) mass is 232 g/mol. The molecule has 0 atom stereocenters. The van der Waals surface area contributed by atoms with E-state index in [2.05, 4.69) is 5.32 Å². The zero-order valence-corrected chi connectivity index (χ0v) is 9.27. The highest BCUT2D eigenvalue weighted by molar-refractivity contribution is 7.89. The minimum atomic E-state index is -3.21. The molecule has 1 N–H and O–H groups in total.